The fraction of sp³-hybridized carbons (Fsp3) is 0.667. The van der Waals surface area contributed by atoms with Gasteiger partial charge in [0.15, 0.2) is 0 Å². The molecule has 1 aliphatic rings. The van der Waals surface area contributed by atoms with Gasteiger partial charge in [-0.1, -0.05) is 19.3 Å². The van der Waals surface area contributed by atoms with Crippen LogP contribution in [0, 0.1) is 3.57 Å². The smallest absolute Gasteiger partial charge is 0.142 e. The summed E-state index contributed by atoms with van der Waals surface area (Å²) in [4.78, 5) is 8.30. The monoisotopic (exact) mass is 363 g/mol. The molecular formula is C12H18IN3S. The highest BCUT2D eigenvalue weighted by molar-refractivity contribution is 14.1. The molecule has 0 bridgehead atoms. The Morgan fingerprint density at radius 1 is 1.41 bits per heavy atom. The number of nitrogens with zero attached hydrogens (tertiary/aromatic N) is 2. The lowest BCUT2D eigenvalue weighted by molar-refractivity contribution is 0.411. The van der Waals surface area contributed by atoms with Crippen LogP contribution >= 0.6 is 34.4 Å². The molecule has 94 valence electrons. The SMILES string of the molecule is CSC1(CNc2ncncc2I)CCCCC1. The highest BCUT2D eigenvalue weighted by atomic mass is 127. The number of thioether (sulfide) groups is 1. The van der Waals surface area contributed by atoms with Gasteiger partial charge < -0.3 is 5.32 Å². The normalized spacial score (nSPS) is 18.9. The van der Waals surface area contributed by atoms with E-state index >= 15 is 0 Å². The molecule has 1 fully saturated rings. The largest absolute Gasteiger partial charge is 0.368 e. The zero-order chi connectivity index (χ0) is 12.1. The van der Waals surface area contributed by atoms with Crippen molar-refractivity contribution in [2.75, 3.05) is 18.1 Å². The van der Waals surface area contributed by atoms with E-state index < -0.39 is 0 Å². The predicted octanol–water partition coefficient (Wildman–Crippen LogP) is 3.56. The van der Waals surface area contributed by atoms with Crippen LogP contribution in [0.3, 0.4) is 0 Å². The number of hydrogen-bond donors (Lipinski definition) is 1. The van der Waals surface area contributed by atoms with Crippen LogP contribution in [0.4, 0.5) is 5.82 Å². The van der Waals surface area contributed by atoms with E-state index in [0.717, 1.165) is 15.9 Å². The van der Waals surface area contributed by atoms with Crippen LogP contribution in [0.5, 0.6) is 0 Å². The number of rotatable bonds is 4. The first kappa shape index (κ1) is 13.4. The summed E-state index contributed by atoms with van der Waals surface area (Å²) in [6.45, 7) is 1.02. The Kier molecular flexibility index (Phi) is 4.90. The van der Waals surface area contributed by atoms with Crippen molar-refractivity contribution >= 4 is 40.2 Å². The third-order valence-corrected chi connectivity index (χ3v) is 5.65. The maximum atomic E-state index is 4.29. The van der Waals surface area contributed by atoms with Gasteiger partial charge >= 0.3 is 0 Å². The van der Waals surface area contributed by atoms with Gasteiger partial charge in [0.25, 0.3) is 0 Å². The van der Waals surface area contributed by atoms with Crippen molar-refractivity contribution in [2.45, 2.75) is 36.9 Å². The molecule has 0 aliphatic heterocycles. The van der Waals surface area contributed by atoms with Crippen LogP contribution in [0.15, 0.2) is 12.5 Å². The summed E-state index contributed by atoms with van der Waals surface area (Å²) >= 11 is 4.29. The predicted molar refractivity (Wildman–Crippen MR) is 82.6 cm³/mol. The zero-order valence-electron chi connectivity index (χ0n) is 10.1. The van der Waals surface area contributed by atoms with Gasteiger partial charge in [-0.3, -0.25) is 0 Å². The van der Waals surface area contributed by atoms with E-state index in [1.807, 2.05) is 18.0 Å². The van der Waals surface area contributed by atoms with Crippen molar-refractivity contribution in [3.63, 3.8) is 0 Å². The molecule has 5 heteroatoms. The summed E-state index contributed by atoms with van der Waals surface area (Å²) < 4.78 is 1.50. The molecule has 0 spiro atoms. The van der Waals surface area contributed by atoms with E-state index in [1.165, 1.54) is 32.1 Å². The molecule has 0 saturated heterocycles. The minimum atomic E-state index is 0.409. The number of halogens is 1. The second kappa shape index (κ2) is 6.22. The molecule has 1 aromatic heterocycles. The first-order valence-corrected chi connectivity index (χ1v) is 8.31. The highest BCUT2D eigenvalue weighted by Crippen LogP contribution is 2.38. The van der Waals surface area contributed by atoms with Gasteiger partial charge in [0.1, 0.15) is 12.1 Å². The molecule has 3 nitrogen and oxygen atoms in total. The molecule has 1 N–H and O–H groups in total. The van der Waals surface area contributed by atoms with E-state index in [2.05, 4.69) is 44.1 Å². The van der Waals surface area contributed by atoms with Gasteiger partial charge in [-0.05, 0) is 41.7 Å². The molecule has 0 atom stereocenters. The Balaban J connectivity index is 1.98. The van der Waals surface area contributed by atoms with Gasteiger partial charge in [-0.2, -0.15) is 11.8 Å². The Morgan fingerprint density at radius 3 is 2.82 bits per heavy atom. The van der Waals surface area contributed by atoms with Crippen molar-refractivity contribution in [2.24, 2.45) is 0 Å². The summed E-state index contributed by atoms with van der Waals surface area (Å²) in [6, 6.07) is 0. The van der Waals surface area contributed by atoms with E-state index in [4.69, 9.17) is 0 Å². The molecule has 1 aromatic rings. The van der Waals surface area contributed by atoms with Crippen molar-refractivity contribution in [3.8, 4) is 0 Å². The van der Waals surface area contributed by atoms with Crippen molar-refractivity contribution < 1.29 is 0 Å². The van der Waals surface area contributed by atoms with Gasteiger partial charge in [0.05, 0.1) is 3.57 Å². The fourth-order valence-corrected chi connectivity index (χ4v) is 3.74. The van der Waals surface area contributed by atoms with Crippen LogP contribution < -0.4 is 5.32 Å². The van der Waals surface area contributed by atoms with Crippen LogP contribution in [0.25, 0.3) is 0 Å². The lowest BCUT2D eigenvalue weighted by Crippen LogP contribution is -2.35. The van der Waals surface area contributed by atoms with Gasteiger partial charge in [0, 0.05) is 17.5 Å². The Morgan fingerprint density at radius 2 is 2.18 bits per heavy atom. The van der Waals surface area contributed by atoms with Crippen LogP contribution in [0.1, 0.15) is 32.1 Å². The maximum Gasteiger partial charge on any atom is 0.142 e. The molecule has 2 rings (SSSR count). The third-order valence-electron chi connectivity index (χ3n) is 3.44. The van der Waals surface area contributed by atoms with E-state index in [9.17, 15) is 0 Å². The maximum absolute atomic E-state index is 4.29. The summed E-state index contributed by atoms with van der Waals surface area (Å²) in [5.41, 5.74) is 0. The first-order chi connectivity index (χ1) is 8.26. The second-order valence-corrected chi connectivity index (χ2v) is 6.96. The van der Waals surface area contributed by atoms with Crippen LogP contribution in [-0.4, -0.2) is 27.5 Å². The zero-order valence-corrected chi connectivity index (χ0v) is 13.1. The Labute approximate surface area is 121 Å². The molecule has 0 radical (unpaired) electrons. The van der Waals surface area contributed by atoms with Crippen molar-refractivity contribution in [3.05, 3.63) is 16.1 Å². The molecule has 1 saturated carbocycles. The summed E-state index contributed by atoms with van der Waals surface area (Å²) in [7, 11) is 0. The lowest BCUT2D eigenvalue weighted by atomic mass is 9.88. The van der Waals surface area contributed by atoms with E-state index in [-0.39, 0.29) is 0 Å². The molecule has 0 aromatic carbocycles. The molecule has 17 heavy (non-hydrogen) atoms. The van der Waals surface area contributed by atoms with E-state index in [1.54, 1.807) is 6.33 Å². The van der Waals surface area contributed by atoms with Crippen LogP contribution in [0.2, 0.25) is 0 Å². The minimum absolute atomic E-state index is 0.409. The molecule has 1 aliphatic carbocycles. The summed E-state index contributed by atoms with van der Waals surface area (Å²) in [5, 5.41) is 3.49. The average molecular weight is 363 g/mol. The number of aromatic nitrogens is 2. The molecule has 0 amide bonds. The van der Waals surface area contributed by atoms with Gasteiger partial charge in [0.2, 0.25) is 0 Å². The van der Waals surface area contributed by atoms with Crippen molar-refractivity contribution in [1.82, 2.24) is 9.97 Å². The topological polar surface area (TPSA) is 37.8 Å². The van der Waals surface area contributed by atoms with Crippen molar-refractivity contribution in [1.29, 1.82) is 0 Å². The fourth-order valence-electron chi connectivity index (χ4n) is 2.34. The quantitative estimate of drug-likeness (QED) is 0.831. The molecule has 0 unspecified atom stereocenters. The molecule has 1 heterocycles. The Hall–Kier alpha value is -0.0400. The van der Waals surface area contributed by atoms with Gasteiger partial charge in [-0.15, -0.1) is 0 Å². The lowest BCUT2D eigenvalue weighted by Gasteiger charge is -2.36. The molecular weight excluding hydrogens is 345 g/mol. The standard InChI is InChI=1S/C12H18IN3S/c1-17-12(5-3-2-4-6-12)8-15-11-10(13)7-14-9-16-11/h7,9H,2-6,8H2,1H3,(H,14,15,16). The summed E-state index contributed by atoms with van der Waals surface area (Å²) in [6.07, 6.45) is 12.5. The average Bonchev–Trinajstić information content (AvgIpc) is 2.39. The van der Waals surface area contributed by atoms with Gasteiger partial charge in [-0.25, -0.2) is 9.97 Å². The third kappa shape index (κ3) is 3.47. The number of hydrogen-bond acceptors (Lipinski definition) is 4. The van der Waals surface area contributed by atoms with E-state index in [0.29, 0.717) is 4.75 Å². The first-order valence-electron chi connectivity index (χ1n) is 6.00. The summed E-state index contributed by atoms with van der Waals surface area (Å²) in [5.74, 6) is 0.972. The number of anilines is 1. The highest BCUT2D eigenvalue weighted by Gasteiger charge is 2.31. The van der Waals surface area contributed by atoms with Crippen LogP contribution in [-0.2, 0) is 0 Å². The second-order valence-electron chi connectivity index (χ2n) is 4.52. The minimum Gasteiger partial charge on any atom is -0.368 e. The number of nitrogens with one attached hydrogen (secondary N) is 1. The Bertz CT molecular complexity index is 367.